The first kappa shape index (κ1) is 12.4. The van der Waals surface area contributed by atoms with E-state index in [0.29, 0.717) is 26.1 Å². The molecule has 0 aromatic carbocycles. The zero-order valence-electron chi connectivity index (χ0n) is 10.3. The summed E-state index contributed by atoms with van der Waals surface area (Å²) < 4.78 is 28.3. The minimum absolute atomic E-state index is 0.00266. The van der Waals surface area contributed by atoms with Gasteiger partial charge in [0.05, 0.1) is 0 Å². The Morgan fingerprint density at radius 1 is 1.28 bits per heavy atom. The topological polar surface area (TPSA) is 78.5 Å². The standard InChI is InChI=1S/C11H19N3O3S/c15-10-7-11(8-12-10)3-5-14(6-4-11)18(16,17)13-9-1-2-9/h9,13H,1-8H2,(H,12,15). The third-order valence-electron chi connectivity index (χ3n) is 4.21. The summed E-state index contributed by atoms with van der Waals surface area (Å²) in [6.07, 6.45) is 4.01. The highest BCUT2D eigenvalue weighted by molar-refractivity contribution is 7.87. The number of hydrogen-bond donors (Lipinski definition) is 2. The van der Waals surface area contributed by atoms with Gasteiger partial charge in [-0.3, -0.25) is 4.79 Å². The van der Waals surface area contributed by atoms with Gasteiger partial charge in [-0.25, -0.2) is 0 Å². The van der Waals surface area contributed by atoms with Crippen LogP contribution < -0.4 is 10.0 Å². The van der Waals surface area contributed by atoms with E-state index in [2.05, 4.69) is 10.0 Å². The Morgan fingerprint density at radius 2 is 1.94 bits per heavy atom. The van der Waals surface area contributed by atoms with Crippen LogP contribution in [0.25, 0.3) is 0 Å². The van der Waals surface area contributed by atoms with Crippen molar-refractivity contribution in [3.63, 3.8) is 0 Å². The SMILES string of the molecule is O=C1CC2(CCN(S(=O)(=O)NC3CC3)CC2)CN1. The number of amides is 1. The maximum atomic E-state index is 12.0. The number of hydrogen-bond acceptors (Lipinski definition) is 3. The van der Waals surface area contributed by atoms with Crippen LogP contribution in [0.1, 0.15) is 32.1 Å². The van der Waals surface area contributed by atoms with Gasteiger partial charge in [0.1, 0.15) is 0 Å². The van der Waals surface area contributed by atoms with Gasteiger partial charge in [-0.15, -0.1) is 0 Å². The summed E-state index contributed by atoms with van der Waals surface area (Å²) in [5, 5.41) is 2.85. The Labute approximate surface area is 107 Å². The zero-order valence-corrected chi connectivity index (χ0v) is 11.1. The van der Waals surface area contributed by atoms with Crippen LogP contribution in [0.4, 0.5) is 0 Å². The van der Waals surface area contributed by atoms with Crippen LogP contribution in [0.15, 0.2) is 0 Å². The zero-order chi connectivity index (χ0) is 12.8. The summed E-state index contributed by atoms with van der Waals surface area (Å²) in [5.41, 5.74) is 0.00266. The molecule has 2 N–H and O–H groups in total. The fraction of sp³-hybridized carbons (Fsp3) is 0.909. The fourth-order valence-corrected chi connectivity index (χ4v) is 4.26. The quantitative estimate of drug-likeness (QED) is 0.733. The van der Waals surface area contributed by atoms with Gasteiger partial charge in [-0.05, 0) is 31.1 Å². The number of carbonyl (C=O) groups excluding carboxylic acids is 1. The second-order valence-electron chi connectivity index (χ2n) is 5.75. The van der Waals surface area contributed by atoms with Crippen molar-refractivity contribution in [1.82, 2.24) is 14.3 Å². The highest BCUT2D eigenvalue weighted by atomic mass is 32.2. The van der Waals surface area contributed by atoms with Gasteiger partial charge in [-0.1, -0.05) is 0 Å². The van der Waals surface area contributed by atoms with Crippen molar-refractivity contribution in [1.29, 1.82) is 0 Å². The second kappa shape index (κ2) is 4.18. The first-order chi connectivity index (χ1) is 8.49. The molecule has 3 rings (SSSR count). The maximum absolute atomic E-state index is 12.0. The molecule has 3 fully saturated rings. The van der Waals surface area contributed by atoms with Gasteiger partial charge in [0.15, 0.2) is 0 Å². The molecule has 0 aromatic heterocycles. The molecule has 0 atom stereocenters. The van der Waals surface area contributed by atoms with Crippen molar-refractivity contribution >= 4 is 16.1 Å². The third kappa shape index (κ3) is 2.39. The van der Waals surface area contributed by atoms with Crippen LogP contribution in [-0.2, 0) is 15.0 Å². The highest BCUT2D eigenvalue weighted by Crippen LogP contribution is 2.38. The number of rotatable bonds is 3. The molecule has 0 unspecified atom stereocenters. The summed E-state index contributed by atoms with van der Waals surface area (Å²) >= 11 is 0. The molecule has 18 heavy (non-hydrogen) atoms. The molecule has 7 heteroatoms. The fourth-order valence-electron chi connectivity index (χ4n) is 2.79. The van der Waals surface area contributed by atoms with Crippen molar-refractivity contribution in [2.45, 2.75) is 38.1 Å². The van der Waals surface area contributed by atoms with Gasteiger partial charge < -0.3 is 5.32 Å². The molecule has 1 amide bonds. The second-order valence-corrected chi connectivity index (χ2v) is 7.45. The minimum atomic E-state index is -3.30. The lowest BCUT2D eigenvalue weighted by Crippen LogP contribution is -2.48. The molecule has 1 saturated carbocycles. The van der Waals surface area contributed by atoms with E-state index in [1.54, 1.807) is 0 Å². The van der Waals surface area contributed by atoms with Crippen LogP contribution in [0.2, 0.25) is 0 Å². The molecule has 0 radical (unpaired) electrons. The predicted octanol–water partition coefficient (Wildman–Crippen LogP) is -0.415. The lowest BCUT2D eigenvalue weighted by atomic mass is 9.78. The number of carbonyl (C=O) groups is 1. The first-order valence-corrected chi connectivity index (χ1v) is 7.97. The maximum Gasteiger partial charge on any atom is 0.279 e. The van der Waals surface area contributed by atoms with Gasteiger partial charge in [0.25, 0.3) is 10.2 Å². The van der Waals surface area contributed by atoms with E-state index in [1.807, 2.05) is 0 Å². The minimum Gasteiger partial charge on any atom is -0.356 e. The molecular weight excluding hydrogens is 254 g/mol. The van der Waals surface area contributed by atoms with E-state index in [9.17, 15) is 13.2 Å². The van der Waals surface area contributed by atoms with Crippen molar-refractivity contribution in [3.05, 3.63) is 0 Å². The molecule has 6 nitrogen and oxygen atoms in total. The molecule has 3 aliphatic rings. The normalized spacial score (nSPS) is 28.6. The molecule has 2 saturated heterocycles. The van der Waals surface area contributed by atoms with Gasteiger partial charge in [-0.2, -0.15) is 17.4 Å². The Bertz CT molecular complexity index is 450. The average molecular weight is 273 g/mol. The average Bonchev–Trinajstić information content (AvgIpc) is 3.04. The van der Waals surface area contributed by atoms with E-state index in [4.69, 9.17) is 0 Å². The first-order valence-electron chi connectivity index (χ1n) is 6.53. The van der Waals surface area contributed by atoms with E-state index in [-0.39, 0.29) is 17.4 Å². The molecule has 1 spiro atoms. The Balaban J connectivity index is 1.61. The largest absolute Gasteiger partial charge is 0.356 e. The molecule has 0 aromatic rings. The smallest absolute Gasteiger partial charge is 0.279 e. The van der Waals surface area contributed by atoms with Crippen LogP contribution in [0.5, 0.6) is 0 Å². The lowest BCUT2D eigenvalue weighted by molar-refractivity contribution is -0.119. The third-order valence-corrected chi connectivity index (χ3v) is 5.89. The van der Waals surface area contributed by atoms with Crippen LogP contribution in [0.3, 0.4) is 0 Å². The Hall–Kier alpha value is -0.660. The lowest BCUT2D eigenvalue weighted by Gasteiger charge is -2.37. The molecule has 2 heterocycles. The summed E-state index contributed by atoms with van der Waals surface area (Å²) in [5.74, 6) is 0.0995. The van der Waals surface area contributed by atoms with E-state index in [1.165, 1.54) is 4.31 Å². The molecule has 0 bridgehead atoms. The number of piperidine rings is 1. The summed E-state index contributed by atoms with van der Waals surface area (Å²) in [6.45, 7) is 1.75. The van der Waals surface area contributed by atoms with Gasteiger partial charge >= 0.3 is 0 Å². The number of nitrogens with zero attached hydrogens (tertiary/aromatic N) is 1. The van der Waals surface area contributed by atoms with Gasteiger partial charge in [0.2, 0.25) is 5.91 Å². The van der Waals surface area contributed by atoms with Gasteiger partial charge in [0, 0.05) is 32.1 Å². The molecule has 1 aliphatic carbocycles. The van der Waals surface area contributed by atoms with Crippen LogP contribution in [0, 0.1) is 5.41 Å². The van der Waals surface area contributed by atoms with Crippen LogP contribution in [-0.4, -0.2) is 44.3 Å². The van der Waals surface area contributed by atoms with E-state index >= 15 is 0 Å². The van der Waals surface area contributed by atoms with Crippen molar-refractivity contribution in [3.8, 4) is 0 Å². The molecule has 102 valence electrons. The van der Waals surface area contributed by atoms with E-state index in [0.717, 1.165) is 25.7 Å². The van der Waals surface area contributed by atoms with E-state index < -0.39 is 10.2 Å². The Kier molecular flexibility index (Phi) is 2.87. The molecular formula is C11H19N3O3S. The van der Waals surface area contributed by atoms with Crippen LogP contribution >= 0.6 is 0 Å². The highest BCUT2D eigenvalue weighted by Gasteiger charge is 2.43. The Morgan fingerprint density at radius 3 is 2.44 bits per heavy atom. The van der Waals surface area contributed by atoms with Crippen molar-refractivity contribution in [2.75, 3.05) is 19.6 Å². The predicted molar refractivity (Wildman–Crippen MR) is 65.9 cm³/mol. The summed E-state index contributed by atoms with van der Waals surface area (Å²) in [7, 11) is -3.30. The summed E-state index contributed by atoms with van der Waals surface area (Å²) in [4.78, 5) is 11.3. The monoisotopic (exact) mass is 273 g/mol. The van der Waals surface area contributed by atoms with Crippen molar-refractivity contribution < 1.29 is 13.2 Å². The summed E-state index contributed by atoms with van der Waals surface area (Å²) in [6, 6.07) is 0.153. The molecule has 2 aliphatic heterocycles. The van der Waals surface area contributed by atoms with Crippen molar-refractivity contribution in [2.24, 2.45) is 5.41 Å². The number of nitrogens with one attached hydrogen (secondary N) is 2.